The maximum absolute atomic E-state index is 5.80. The van der Waals surface area contributed by atoms with Gasteiger partial charge in [-0.15, -0.1) is 0 Å². The highest BCUT2D eigenvalue weighted by Gasteiger charge is 2.11. The second kappa shape index (κ2) is 7.42. The van der Waals surface area contributed by atoms with Crippen LogP contribution < -0.4 is 15.2 Å². The minimum Gasteiger partial charge on any atom is -0.493 e. The number of hydrogen-bond acceptors (Lipinski definition) is 5. The minimum absolute atomic E-state index is 0.352. The van der Waals surface area contributed by atoms with Crippen LogP contribution in [0, 0.1) is 0 Å². The Morgan fingerprint density at radius 2 is 2.10 bits per heavy atom. The lowest BCUT2D eigenvalue weighted by Crippen LogP contribution is -2.38. The van der Waals surface area contributed by atoms with E-state index >= 15 is 0 Å². The van der Waals surface area contributed by atoms with Crippen molar-refractivity contribution in [2.45, 2.75) is 0 Å². The highest BCUT2D eigenvalue weighted by molar-refractivity contribution is 7.80. The van der Waals surface area contributed by atoms with Crippen molar-refractivity contribution in [2.75, 3.05) is 46.6 Å². The topological polar surface area (TPSA) is 57.0 Å². The van der Waals surface area contributed by atoms with Gasteiger partial charge in [-0.2, -0.15) is 0 Å². The Kier molecular flexibility index (Phi) is 5.58. The fourth-order valence-corrected chi connectivity index (χ4v) is 2.18. The van der Waals surface area contributed by atoms with Gasteiger partial charge in [0.05, 0.1) is 20.3 Å². The third-order valence-corrected chi connectivity index (χ3v) is 3.45. The number of nitrogens with two attached hydrogens (primary N) is 1. The van der Waals surface area contributed by atoms with Gasteiger partial charge < -0.3 is 19.9 Å². The Bertz CT molecular complexity index is 462. The quantitative estimate of drug-likeness (QED) is 0.792. The molecule has 5 nitrogen and oxygen atoms in total. The number of benzene rings is 1. The van der Waals surface area contributed by atoms with Crippen LogP contribution >= 0.6 is 12.2 Å². The van der Waals surface area contributed by atoms with E-state index in [4.69, 9.17) is 32.2 Å². The molecule has 1 heterocycles. The van der Waals surface area contributed by atoms with Crippen molar-refractivity contribution < 1.29 is 14.2 Å². The predicted octanol–water partition coefficient (Wildman–Crippen LogP) is 1.04. The molecule has 1 aliphatic heterocycles. The summed E-state index contributed by atoms with van der Waals surface area (Å²) in [6.45, 7) is 4.95. The fourth-order valence-electron chi connectivity index (χ4n) is 2.05. The van der Waals surface area contributed by atoms with Crippen LogP contribution in [-0.2, 0) is 4.74 Å². The molecule has 2 N–H and O–H groups in total. The lowest BCUT2D eigenvalue weighted by Gasteiger charge is -2.26. The average molecular weight is 296 g/mol. The summed E-state index contributed by atoms with van der Waals surface area (Å²) in [6.07, 6.45) is 0. The Morgan fingerprint density at radius 3 is 2.75 bits per heavy atom. The first kappa shape index (κ1) is 15.0. The molecule has 0 spiro atoms. The van der Waals surface area contributed by atoms with E-state index in [-0.39, 0.29) is 0 Å². The number of hydrogen-bond donors (Lipinski definition) is 1. The normalized spacial score (nSPS) is 15.8. The zero-order chi connectivity index (χ0) is 14.4. The number of rotatable bonds is 6. The molecule has 110 valence electrons. The summed E-state index contributed by atoms with van der Waals surface area (Å²) < 4.78 is 16.4. The average Bonchev–Trinajstić information content (AvgIpc) is 2.48. The molecule has 6 heteroatoms. The summed E-state index contributed by atoms with van der Waals surface area (Å²) in [5.41, 5.74) is 6.41. The van der Waals surface area contributed by atoms with Gasteiger partial charge in [0.15, 0.2) is 11.5 Å². The van der Waals surface area contributed by atoms with Crippen LogP contribution in [0.3, 0.4) is 0 Å². The molecule has 1 fully saturated rings. The lowest BCUT2D eigenvalue weighted by molar-refractivity contribution is 0.0321. The summed E-state index contributed by atoms with van der Waals surface area (Å²) in [7, 11) is 1.62. The summed E-state index contributed by atoms with van der Waals surface area (Å²) in [5, 5.41) is 0. The first-order chi connectivity index (χ1) is 9.70. The van der Waals surface area contributed by atoms with E-state index in [1.807, 2.05) is 18.2 Å². The SMILES string of the molecule is COc1ccc(C(N)=S)cc1OCCN1CCOCC1. The molecule has 2 rings (SSSR count). The van der Waals surface area contributed by atoms with Gasteiger partial charge in [-0.3, -0.25) is 4.90 Å². The van der Waals surface area contributed by atoms with Gasteiger partial charge in [0.2, 0.25) is 0 Å². The van der Waals surface area contributed by atoms with Crippen molar-refractivity contribution in [2.24, 2.45) is 5.73 Å². The van der Waals surface area contributed by atoms with Gasteiger partial charge >= 0.3 is 0 Å². The predicted molar refractivity (Wildman–Crippen MR) is 81.6 cm³/mol. The second-order valence-electron chi connectivity index (χ2n) is 4.53. The molecule has 0 saturated carbocycles. The van der Waals surface area contributed by atoms with Crippen molar-refractivity contribution in [3.8, 4) is 11.5 Å². The highest BCUT2D eigenvalue weighted by atomic mass is 32.1. The Labute approximate surface area is 124 Å². The zero-order valence-electron chi connectivity index (χ0n) is 11.6. The standard InChI is InChI=1S/C14H20N2O3S/c1-17-12-3-2-11(14(15)20)10-13(12)19-9-6-16-4-7-18-8-5-16/h2-3,10H,4-9H2,1H3,(H2,15,20). The van der Waals surface area contributed by atoms with Gasteiger partial charge in [-0.05, 0) is 18.2 Å². The van der Waals surface area contributed by atoms with Crippen molar-refractivity contribution in [3.05, 3.63) is 23.8 Å². The van der Waals surface area contributed by atoms with Gasteiger partial charge in [0, 0.05) is 25.2 Å². The monoisotopic (exact) mass is 296 g/mol. The van der Waals surface area contributed by atoms with E-state index in [0.29, 0.717) is 23.1 Å². The van der Waals surface area contributed by atoms with Crippen molar-refractivity contribution >= 4 is 17.2 Å². The Balaban J connectivity index is 1.93. The maximum atomic E-state index is 5.80. The molecule has 20 heavy (non-hydrogen) atoms. The molecule has 0 radical (unpaired) electrons. The molecule has 1 aromatic carbocycles. The number of nitrogens with zero attached hydrogens (tertiary/aromatic N) is 1. The van der Waals surface area contributed by atoms with Crippen LogP contribution in [0.25, 0.3) is 0 Å². The van der Waals surface area contributed by atoms with Gasteiger partial charge in [0.25, 0.3) is 0 Å². The Hall–Kier alpha value is -1.37. The van der Waals surface area contributed by atoms with Gasteiger partial charge in [0.1, 0.15) is 11.6 Å². The van der Waals surface area contributed by atoms with Gasteiger partial charge in [-0.25, -0.2) is 0 Å². The summed E-state index contributed by atoms with van der Waals surface area (Å²) >= 11 is 4.98. The molecule has 1 aromatic rings. The van der Waals surface area contributed by atoms with Gasteiger partial charge in [-0.1, -0.05) is 12.2 Å². The van der Waals surface area contributed by atoms with Crippen LogP contribution in [0.15, 0.2) is 18.2 Å². The van der Waals surface area contributed by atoms with Crippen LogP contribution in [-0.4, -0.2) is 56.5 Å². The fraction of sp³-hybridized carbons (Fsp3) is 0.500. The van der Waals surface area contributed by atoms with E-state index < -0.39 is 0 Å². The Morgan fingerprint density at radius 1 is 1.35 bits per heavy atom. The smallest absolute Gasteiger partial charge is 0.161 e. The molecular formula is C14H20N2O3S. The number of ether oxygens (including phenoxy) is 3. The number of methoxy groups -OCH3 is 1. The van der Waals surface area contributed by atoms with E-state index in [1.165, 1.54) is 0 Å². The molecule has 0 amide bonds. The van der Waals surface area contributed by atoms with Crippen molar-refractivity contribution in [3.63, 3.8) is 0 Å². The first-order valence-electron chi connectivity index (χ1n) is 6.61. The van der Waals surface area contributed by atoms with Crippen molar-refractivity contribution in [1.82, 2.24) is 4.90 Å². The largest absolute Gasteiger partial charge is 0.493 e. The van der Waals surface area contributed by atoms with Crippen LogP contribution in [0.5, 0.6) is 11.5 Å². The molecule has 0 aromatic heterocycles. The third-order valence-electron chi connectivity index (χ3n) is 3.22. The molecule has 0 atom stereocenters. The van der Waals surface area contributed by atoms with E-state index in [2.05, 4.69) is 4.90 Å². The highest BCUT2D eigenvalue weighted by Crippen LogP contribution is 2.28. The van der Waals surface area contributed by atoms with E-state index in [1.54, 1.807) is 7.11 Å². The molecule has 1 saturated heterocycles. The zero-order valence-corrected chi connectivity index (χ0v) is 12.4. The van der Waals surface area contributed by atoms with Crippen LogP contribution in [0.2, 0.25) is 0 Å². The first-order valence-corrected chi connectivity index (χ1v) is 7.02. The molecule has 0 bridgehead atoms. The molecular weight excluding hydrogens is 276 g/mol. The summed E-state index contributed by atoms with van der Waals surface area (Å²) in [6, 6.07) is 5.47. The number of thiocarbonyl (C=S) groups is 1. The van der Waals surface area contributed by atoms with Crippen LogP contribution in [0.4, 0.5) is 0 Å². The van der Waals surface area contributed by atoms with E-state index in [9.17, 15) is 0 Å². The van der Waals surface area contributed by atoms with Crippen molar-refractivity contribution in [1.29, 1.82) is 0 Å². The lowest BCUT2D eigenvalue weighted by atomic mass is 10.2. The summed E-state index contributed by atoms with van der Waals surface area (Å²) in [5.74, 6) is 1.36. The second-order valence-corrected chi connectivity index (χ2v) is 4.97. The molecule has 0 aliphatic carbocycles. The maximum Gasteiger partial charge on any atom is 0.161 e. The van der Waals surface area contributed by atoms with E-state index in [0.717, 1.165) is 38.4 Å². The number of morpholine rings is 1. The summed E-state index contributed by atoms with van der Waals surface area (Å²) in [4.78, 5) is 2.67. The van der Waals surface area contributed by atoms with Crippen LogP contribution in [0.1, 0.15) is 5.56 Å². The molecule has 1 aliphatic rings. The third kappa shape index (κ3) is 4.06. The minimum atomic E-state index is 0.352. The molecule has 0 unspecified atom stereocenters.